The van der Waals surface area contributed by atoms with Crippen LogP contribution >= 0.6 is 0 Å². The van der Waals surface area contributed by atoms with Gasteiger partial charge in [0.25, 0.3) is 5.91 Å². The van der Waals surface area contributed by atoms with E-state index in [1.54, 1.807) is 31.2 Å². The summed E-state index contributed by atoms with van der Waals surface area (Å²) in [5.41, 5.74) is -0.209. The third kappa shape index (κ3) is 6.97. The fraction of sp³-hybridized carbons (Fsp3) is 0.560. The zero-order valence-corrected chi connectivity index (χ0v) is 37.0. The minimum absolute atomic E-state index is 0.151. The Bertz CT molecular complexity index is 2160. The molecule has 1 amide bonds. The molecule has 12 heteroatoms. The summed E-state index contributed by atoms with van der Waals surface area (Å²) < 4.78 is 53.9. The van der Waals surface area contributed by atoms with E-state index < -0.39 is 88.8 Å². The summed E-state index contributed by atoms with van der Waals surface area (Å²) in [6, 6.07) is 27.0. The number of hydrogen-bond acceptors (Lipinski definition) is 11. The first-order valence-corrected chi connectivity index (χ1v) is 22.2. The summed E-state index contributed by atoms with van der Waals surface area (Å²) in [6.45, 7) is 16.4. The number of fused-ring (bicyclic) bond motifs is 8. The molecule has 1 spiro atoms. The molecule has 0 aromatic heterocycles. The van der Waals surface area contributed by atoms with Crippen molar-refractivity contribution in [1.29, 1.82) is 0 Å². The van der Waals surface area contributed by atoms with Crippen molar-refractivity contribution in [3.05, 3.63) is 119 Å². The van der Waals surface area contributed by atoms with Crippen LogP contribution in [0.3, 0.4) is 0 Å². The lowest BCUT2D eigenvalue weighted by Gasteiger charge is -2.67. The number of amides is 1. The minimum Gasteiger partial charge on any atom is -0.456 e. The molecular weight excluding hydrogens is 791 g/mol. The Kier molecular flexibility index (Phi) is 11.1. The van der Waals surface area contributed by atoms with Crippen molar-refractivity contribution in [2.75, 3.05) is 13.2 Å². The van der Waals surface area contributed by atoms with Crippen LogP contribution in [-0.2, 0) is 42.7 Å². The second-order valence-electron chi connectivity index (χ2n) is 19.3. The third-order valence-corrected chi connectivity index (χ3v) is 14.9. The number of benzene rings is 3. The molecule has 13 atom stereocenters. The molecule has 5 fully saturated rings. The number of ether oxygens (including phenoxy) is 8. The van der Waals surface area contributed by atoms with E-state index in [-0.39, 0.29) is 25.0 Å². The van der Waals surface area contributed by atoms with Crippen LogP contribution in [0.1, 0.15) is 108 Å². The average Bonchev–Trinajstić information content (AvgIpc) is 3.78. The summed E-state index contributed by atoms with van der Waals surface area (Å²) in [5, 5.41) is 16.0. The zero-order chi connectivity index (χ0) is 43.8. The lowest BCUT2D eigenvalue weighted by molar-refractivity contribution is -0.334. The molecule has 0 radical (unpaired) electrons. The SMILES string of the molecule is CCOC(C)O[C@@H](C(=O)O[C@H]1C[C@@]23OC(c4ccccc4)O[C@H]2[C@H]2[C@@](C)(CC[C@H]4OC[C@]42O)[C@H]2OC(C)(C)O[C@@H]2C(=C1C)C3(C)C)[C@@H](NC(=O)c1ccccc1)c1ccccc1. The molecule has 2 unspecified atom stereocenters. The molecule has 6 aliphatic rings. The van der Waals surface area contributed by atoms with E-state index in [2.05, 4.69) is 26.1 Å². The summed E-state index contributed by atoms with van der Waals surface area (Å²) in [7, 11) is 0. The van der Waals surface area contributed by atoms with Crippen LogP contribution < -0.4 is 5.32 Å². The number of esters is 1. The highest BCUT2D eigenvalue weighted by Gasteiger charge is 2.78. The Hall–Kier alpha value is -3.98. The number of aliphatic hydroxyl groups is 1. The second-order valence-corrected chi connectivity index (χ2v) is 19.3. The molecule has 2 saturated carbocycles. The van der Waals surface area contributed by atoms with Gasteiger partial charge in [-0.2, -0.15) is 0 Å². The maximum absolute atomic E-state index is 15.2. The van der Waals surface area contributed by atoms with Gasteiger partial charge in [-0.05, 0) is 76.3 Å². The molecule has 3 aromatic carbocycles. The molecule has 3 saturated heterocycles. The van der Waals surface area contributed by atoms with Gasteiger partial charge in [0.15, 0.2) is 24.5 Å². The molecule has 3 aliphatic carbocycles. The van der Waals surface area contributed by atoms with Crippen LogP contribution in [0.4, 0.5) is 0 Å². The van der Waals surface area contributed by atoms with Crippen LogP contribution in [0.15, 0.2) is 102 Å². The molecular formula is C50H61NO11. The Morgan fingerprint density at radius 3 is 2.19 bits per heavy atom. The van der Waals surface area contributed by atoms with Gasteiger partial charge in [0, 0.05) is 40.9 Å². The fourth-order valence-corrected chi connectivity index (χ4v) is 11.9. The molecule has 3 aromatic rings. The van der Waals surface area contributed by atoms with Crippen LogP contribution in [0.5, 0.6) is 0 Å². The number of carbonyl (C=O) groups is 2. The van der Waals surface area contributed by atoms with Crippen molar-refractivity contribution in [3.8, 4) is 0 Å². The summed E-state index contributed by atoms with van der Waals surface area (Å²) in [5.74, 6) is -2.57. The molecule has 2 bridgehead atoms. The van der Waals surface area contributed by atoms with Crippen molar-refractivity contribution in [2.45, 2.75) is 147 Å². The lowest BCUT2D eigenvalue weighted by Crippen LogP contribution is -2.78. The van der Waals surface area contributed by atoms with E-state index in [9.17, 15) is 9.90 Å². The van der Waals surface area contributed by atoms with E-state index in [0.717, 1.165) is 16.7 Å². The smallest absolute Gasteiger partial charge is 0.338 e. The molecule has 3 heterocycles. The van der Waals surface area contributed by atoms with E-state index in [0.29, 0.717) is 30.6 Å². The van der Waals surface area contributed by atoms with Crippen LogP contribution in [0.25, 0.3) is 0 Å². The van der Waals surface area contributed by atoms with Gasteiger partial charge in [-0.1, -0.05) is 99.6 Å². The Balaban J connectivity index is 1.18. The molecule has 332 valence electrons. The Labute approximate surface area is 364 Å². The zero-order valence-electron chi connectivity index (χ0n) is 37.0. The van der Waals surface area contributed by atoms with Crippen LogP contribution in [0.2, 0.25) is 0 Å². The van der Waals surface area contributed by atoms with E-state index in [1.807, 2.05) is 94.4 Å². The molecule has 3 aliphatic heterocycles. The van der Waals surface area contributed by atoms with Crippen molar-refractivity contribution in [2.24, 2.45) is 16.7 Å². The standard InChI is InChI=1S/C50H61NO11/c1-9-55-30(3)57-39(37(31-19-13-10-14-20-31)51-43(52)32-21-15-11-16-22-32)44(53)58-34-27-50-42(59-45(62-50)33-23-17-12-18-24-33)40-48(8,26-25-35-49(40,54)28-56-35)41-38(60-47(6,7)61-41)36(29(34)2)46(50,4)5/h10-24,30,34-35,37-42,45,54H,9,25-28H2,1-8H3,(H,51,52)/t30?,34-,35+,37-,38+,39+,40-,41-,42-,45?,48+,49-,50+/m0/s1. The van der Waals surface area contributed by atoms with Gasteiger partial charge in [-0.25, -0.2) is 4.79 Å². The van der Waals surface area contributed by atoms with Gasteiger partial charge in [0.1, 0.15) is 23.4 Å². The van der Waals surface area contributed by atoms with Crippen molar-refractivity contribution >= 4 is 11.9 Å². The Morgan fingerprint density at radius 2 is 1.55 bits per heavy atom. The quantitative estimate of drug-likeness (QED) is 0.113. The molecule has 2 N–H and O–H groups in total. The van der Waals surface area contributed by atoms with Crippen molar-refractivity contribution in [3.63, 3.8) is 0 Å². The van der Waals surface area contributed by atoms with Gasteiger partial charge in [0.05, 0.1) is 31.0 Å². The molecule has 62 heavy (non-hydrogen) atoms. The van der Waals surface area contributed by atoms with Gasteiger partial charge >= 0.3 is 5.97 Å². The van der Waals surface area contributed by atoms with E-state index in [1.165, 1.54) is 0 Å². The summed E-state index contributed by atoms with van der Waals surface area (Å²) in [6.07, 6.45) is -4.44. The number of nitrogens with one attached hydrogen (secondary N) is 1. The van der Waals surface area contributed by atoms with E-state index in [4.69, 9.17) is 37.9 Å². The number of carbonyl (C=O) groups excluding carboxylic acids is 2. The highest BCUT2D eigenvalue weighted by atomic mass is 16.8. The molecule has 9 rings (SSSR count). The van der Waals surface area contributed by atoms with Gasteiger partial charge in [0.2, 0.25) is 0 Å². The van der Waals surface area contributed by atoms with E-state index >= 15 is 4.79 Å². The number of hydrogen-bond donors (Lipinski definition) is 2. The average molecular weight is 852 g/mol. The van der Waals surface area contributed by atoms with Crippen LogP contribution in [-0.4, -0.2) is 90.1 Å². The summed E-state index contributed by atoms with van der Waals surface area (Å²) >= 11 is 0. The highest BCUT2D eigenvalue weighted by molar-refractivity contribution is 5.95. The van der Waals surface area contributed by atoms with Gasteiger partial charge in [-0.3, -0.25) is 4.79 Å². The first-order valence-electron chi connectivity index (χ1n) is 22.2. The first-order chi connectivity index (χ1) is 29.5. The van der Waals surface area contributed by atoms with Crippen molar-refractivity contribution < 1.29 is 52.6 Å². The predicted molar refractivity (Wildman–Crippen MR) is 227 cm³/mol. The maximum atomic E-state index is 15.2. The monoisotopic (exact) mass is 851 g/mol. The second kappa shape index (κ2) is 15.9. The third-order valence-electron chi connectivity index (χ3n) is 14.9. The minimum atomic E-state index is -1.34. The lowest BCUT2D eigenvalue weighted by atomic mass is 9.45. The largest absolute Gasteiger partial charge is 0.456 e. The van der Waals surface area contributed by atoms with Crippen LogP contribution in [0, 0.1) is 16.7 Å². The first kappa shape index (κ1) is 43.3. The number of rotatable bonds is 11. The highest BCUT2D eigenvalue weighted by Crippen LogP contribution is 2.69. The van der Waals surface area contributed by atoms with Gasteiger partial charge < -0.3 is 48.3 Å². The van der Waals surface area contributed by atoms with Crippen molar-refractivity contribution in [1.82, 2.24) is 5.32 Å². The summed E-state index contributed by atoms with van der Waals surface area (Å²) in [4.78, 5) is 29.1. The molecule has 12 nitrogen and oxygen atoms in total. The maximum Gasteiger partial charge on any atom is 0.338 e. The predicted octanol–water partition coefficient (Wildman–Crippen LogP) is 7.52. The van der Waals surface area contributed by atoms with Gasteiger partial charge in [-0.15, -0.1) is 0 Å². The normalized spacial score (nSPS) is 36.6. The fourth-order valence-electron chi connectivity index (χ4n) is 11.9. The Morgan fingerprint density at radius 1 is 0.887 bits per heavy atom. The topological polar surface area (TPSA) is 140 Å².